The fourth-order valence-electron chi connectivity index (χ4n) is 2.48. The molecule has 3 heteroatoms. The molecule has 0 unspecified atom stereocenters. The molecule has 0 saturated carbocycles. The molecule has 0 aliphatic heterocycles. The molecule has 0 bridgehead atoms. The molecular weight excluding hydrogens is 417 g/mol. The lowest BCUT2D eigenvalue weighted by molar-refractivity contribution is 1.24. The monoisotopic (exact) mass is 431 g/mol. The molecular formula is C20H15ClIN. The quantitative estimate of drug-likeness (QED) is 0.284. The Morgan fingerprint density at radius 1 is 1.00 bits per heavy atom. The van der Waals surface area contributed by atoms with Crippen molar-refractivity contribution in [2.24, 2.45) is 0 Å². The summed E-state index contributed by atoms with van der Waals surface area (Å²) >= 11 is 8.28. The molecule has 23 heavy (non-hydrogen) atoms. The molecule has 0 N–H and O–H groups in total. The van der Waals surface area contributed by atoms with Crippen molar-refractivity contribution in [3.8, 4) is 12.0 Å². The molecule has 0 aromatic heterocycles. The third kappa shape index (κ3) is 3.80. The van der Waals surface area contributed by atoms with E-state index in [0.717, 1.165) is 10.7 Å². The van der Waals surface area contributed by atoms with Gasteiger partial charge in [-0.2, -0.15) is 0 Å². The third-order valence-corrected chi connectivity index (χ3v) is 4.80. The summed E-state index contributed by atoms with van der Waals surface area (Å²) in [7, 11) is 2.01. The normalized spacial score (nSPS) is 10.2. The van der Waals surface area contributed by atoms with Crippen molar-refractivity contribution >= 4 is 50.7 Å². The van der Waals surface area contributed by atoms with Crippen LogP contribution in [0, 0.1) is 15.5 Å². The van der Waals surface area contributed by atoms with E-state index in [9.17, 15) is 0 Å². The number of anilines is 1. The minimum absolute atomic E-state index is 0.712. The second-order valence-electron chi connectivity index (χ2n) is 5.27. The highest BCUT2D eigenvalue weighted by molar-refractivity contribution is 14.1. The summed E-state index contributed by atoms with van der Waals surface area (Å²) in [6.07, 6.45) is 0.712. The van der Waals surface area contributed by atoms with Crippen LogP contribution in [0.3, 0.4) is 0 Å². The molecule has 0 aliphatic rings. The molecule has 0 amide bonds. The zero-order valence-corrected chi connectivity index (χ0v) is 15.6. The SMILES string of the molecule is CN(C#CCc1ccc(Cl)cc1)c1cccc2cccc(I)c12. The molecule has 0 fully saturated rings. The number of halogens is 2. The Kier molecular flexibility index (Phi) is 5.09. The zero-order chi connectivity index (χ0) is 16.2. The van der Waals surface area contributed by atoms with Gasteiger partial charge in [0.15, 0.2) is 0 Å². The third-order valence-electron chi connectivity index (χ3n) is 3.65. The topological polar surface area (TPSA) is 3.24 Å². The predicted octanol–water partition coefficient (Wildman–Crippen LogP) is 5.74. The van der Waals surface area contributed by atoms with E-state index in [-0.39, 0.29) is 0 Å². The van der Waals surface area contributed by atoms with E-state index in [2.05, 4.69) is 71.0 Å². The molecule has 0 atom stereocenters. The van der Waals surface area contributed by atoms with Gasteiger partial charge in [0, 0.05) is 33.5 Å². The van der Waals surface area contributed by atoms with Gasteiger partial charge >= 0.3 is 0 Å². The van der Waals surface area contributed by atoms with E-state index in [1.54, 1.807) is 0 Å². The first-order valence-corrected chi connectivity index (χ1v) is 8.75. The number of rotatable bonds is 2. The second-order valence-corrected chi connectivity index (χ2v) is 6.86. The van der Waals surface area contributed by atoms with Crippen LogP contribution >= 0.6 is 34.2 Å². The van der Waals surface area contributed by atoms with Crippen LogP contribution in [0.4, 0.5) is 5.69 Å². The smallest absolute Gasteiger partial charge is 0.0574 e. The fraction of sp³-hybridized carbons (Fsp3) is 0.100. The summed E-state index contributed by atoms with van der Waals surface area (Å²) in [5.74, 6) is 3.23. The lowest BCUT2D eigenvalue weighted by Crippen LogP contribution is -2.09. The van der Waals surface area contributed by atoms with Gasteiger partial charge in [0.1, 0.15) is 0 Å². The van der Waals surface area contributed by atoms with Gasteiger partial charge in [0.05, 0.1) is 5.69 Å². The summed E-state index contributed by atoms with van der Waals surface area (Å²) in [4.78, 5) is 2.00. The first kappa shape index (κ1) is 16.2. The van der Waals surface area contributed by atoms with Gasteiger partial charge in [-0.05, 0) is 57.8 Å². The zero-order valence-electron chi connectivity index (χ0n) is 12.7. The first-order valence-electron chi connectivity index (χ1n) is 7.29. The van der Waals surface area contributed by atoms with Crippen molar-refractivity contribution in [1.82, 2.24) is 0 Å². The highest BCUT2D eigenvalue weighted by Crippen LogP contribution is 2.29. The summed E-state index contributed by atoms with van der Waals surface area (Å²) in [6.45, 7) is 0. The van der Waals surface area contributed by atoms with Crippen LogP contribution in [0.25, 0.3) is 10.8 Å². The van der Waals surface area contributed by atoms with Gasteiger partial charge in [0.25, 0.3) is 0 Å². The maximum absolute atomic E-state index is 5.90. The van der Waals surface area contributed by atoms with Gasteiger partial charge < -0.3 is 4.90 Å². The van der Waals surface area contributed by atoms with Crippen LogP contribution in [0.5, 0.6) is 0 Å². The Hall–Kier alpha value is -1.70. The molecule has 0 aliphatic carbocycles. The van der Waals surface area contributed by atoms with Crippen molar-refractivity contribution < 1.29 is 0 Å². The van der Waals surface area contributed by atoms with Crippen LogP contribution in [0.2, 0.25) is 5.02 Å². The predicted molar refractivity (Wildman–Crippen MR) is 108 cm³/mol. The first-order chi connectivity index (χ1) is 11.1. The van der Waals surface area contributed by atoms with Crippen molar-refractivity contribution in [2.45, 2.75) is 6.42 Å². The lowest BCUT2D eigenvalue weighted by Gasteiger charge is -2.15. The Balaban J connectivity index is 1.86. The van der Waals surface area contributed by atoms with Crippen molar-refractivity contribution in [3.05, 3.63) is 74.8 Å². The Bertz CT molecular complexity index is 886. The molecule has 3 aromatic rings. The van der Waals surface area contributed by atoms with Crippen LogP contribution in [0.15, 0.2) is 60.7 Å². The Morgan fingerprint density at radius 3 is 2.43 bits per heavy atom. The summed E-state index contributed by atoms with van der Waals surface area (Å²) in [5.41, 5.74) is 2.30. The molecule has 0 saturated heterocycles. The van der Waals surface area contributed by atoms with Crippen molar-refractivity contribution in [1.29, 1.82) is 0 Å². The summed E-state index contributed by atoms with van der Waals surface area (Å²) in [6, 6.07) is 23.7. The number of benzene rings is 3. The highest BCUT2D eigenvalue weighted by Gasteiger charge is 2.06. The number of fused-ring (bicyclic) bond motifs is 1. The molecule has 3 aromatic carbocycles. The Morgan fingerprint density at radius 2 is 1.70 bits per heavy atom. The molecule has 3 rings (SSSR count). The van der Waals surface area contributed by atoms with Gasteiger partial charge in [-0.1, -0.05) is 53.9 Å². The standard InChI is InChI=1S/C20H15ClIN/c1-23(14-4-5-15-10-12-17(21)13-11-15)19-9-3-7-16-6-2-8-18(22)20(16)19/h2-3,6-13H,5H2,1H3. The highest BCUT2D eigenvalue weighted by atomic mass is 127. The maximum Gasteiger partial charge on any atom is 0.0574 e. The van der Waals surface area contributed by atoms with Crippen molar-refractivity contribution in [3.63, 3.8) is 0 Å². The van der Waals surface area contributed by atoms with Crippen LogP contribution in [0.1, 0.15) is 5.56 Å². The van der Waals surface area contributed by atoms with E-state index < -0.39 is 0 Å². The summed E-state index contributed by atoms with van der Waals surface area (Å²) < 4.78 is 1.24. The van der Waals surface area contributed by atoms with Crippen LogP contribution in [-0.2, 0) is 6.42 Å². The van der Waals surface area contributed by atoms with Gasteiger partial charge in [0.2, 0.25) is 0 Å². The Labute approximate surface area is 155 Å². The van der Waals surface area contributed by atoms with Gasteiger partial charge in [-0.3, -0.25) is 0 Å². The van der Waals surface area contributed by atoms with E-state index in [4.69, 9.17) is 11.6 Å². The van der Waals surface area contributed by atoms with E-state index in [1.807, 2.05) is 36.2 Å². The van der Waals surface area contributed by atoms with Gasteiger partial charge in [-0.15, -0.1) is 0 Å². The number of hydrogen-bond donors (Lipinski definition) is 0. The molecule has 1 nitrogen and oxygen atoms in total. The average molecular weight is 432 g/mol. The van der Waals surface area contributed by atoms with Crippen molar-refractivity contribution in [2.75, 3.05) is 11.9 Å². The minimum atomic E-state index is 0.712. The molecule has 0 heterocycles. The van der Waals surface area contributed by atoms with Crippen LogP contribution in [-0.4, -0.2) is 7.05 Å². The van der Waals surface area contributed by atoms with E-state index >= 15 is 0 Å². The lowest BCUT2D eigenvalue weighted by atomic mass is 10.1. The fourth-order valence-corrected chi connectivity index (χ4v) is 3.40. The maximum atomic E-state index is 5.90. The minimum Gasteiger partial charge on any atom is -0.304 e. The van der Waals surface area contributed by atoms with Crippen LogP contribution < -0.4 is 4.90 Å². The number of nitrogens with zero attached hydrogens (tertiary/aromatic N) is 1. The molecule has 0 radical (unpaired) electrons. The summed E-state index contributed by atoms with van der Waals surface area (Å²) in [5, 5.41) is 3.24. The number of hydrogen-bond acceptors (Lipinski definition) is 1. The average Bonchev–Trinajstić information content (AvgIpc) is 2.56. The van der Waals surface area contributed by atoms with E-state index in [1.165, 1.54) is 19.9 Å². The van der Waals surface area contributed by atoms with Gasteiger partial charge in [-0.25, -0.2) is 0 Å². The molecule has 0 spiro atoms. The van der Waals surface area contributed by atoms with E-state index in [0.29, 0.717) is 6.42 Å². The molecule has 114 valence electrons. The second kappa shape index (κ2) is 7.25. The largest absolute Gasteiger partial charge is 0.304 e.